The Morgan fingerprint density at radius 3 is 3.00 bits per heavy atom. The molecule has 1 saturated heterocycles. The smallest absolute Gasteiger partial charge is 0.335 e. The third kappa shape index (κ3) is 2.18. The molecule has 1 aromatic rings. The lowest BCUT2D eigenvalue weighted by Gasteiger charge is -2.38. The van der Waals surface area contributed by atoms with Crippen molar-refractivity contribution in [2.75, 3.05) is 13.2 Å². The predicted molar refractivity (Wildman–Crippen MR) is 61.8 cm³/mol. The van der Waals surface area contributed by atoms with E-state index in [4.69, 9.17) is 9.84 Å². The molecule has 1 amide bonds. The van der Waals surface area contributed by atoms with Crippen LogP contribution in [0.4, 0.5) is 0 Å². The van der Waals surface area contributed by atoms with Crippen LogP contribution in [0, 0.1) is 0 Å². The lowest BCUT2D eigenvalue weighted by atomic mass is 10.1. The number of carbonyl (C=O) groups is 2. The zero-order valence-corrected chi connectivity index (χ0v) is 10.1. The van der Waals surface area contributed by atoms with Crippen LogP contribution in [0.2, 0.25) is 0 Å². The van der Waals surface area contributed by atoms with Gasteiger partial charge in [-0.25, -0.2) is 4.79 Å². The number of amides is 1. The van der Waals surface area contributed by atoms with Crippen molar-refractivity contribution >= 4 is 23.2 Å². The number of hydrogen-bond acceptors (Lipinski definition) is 4. The van der Waals surface area contributed by atoms with E-state index in [0.717, 1.165) is 4.88 Å². The first-order chi connectivity index (χ1) is 8.15. The summed E-state index contributed by atoms with van der Waals surface area (Å²) in [5.74, 6) is -1.20. The van der Waals surface area contributed by atoms with E-state index in [1.54, 1.807) is 4.90 Å². The average molecular weight is 255 g/mol. The van der Waals surface area contributed by atoms with Gasteiger partial charge in [0.15, 0.2) is 6.10 Å². The molecule has 17 heavy (non-hydrogen) atoms. The quantitative estimate of drug-likeness (QED) is 0.879. The molecule has 1 fully saturated rings. The van der Waals surface area contributed by atoms with Gasteiger partial charge in [0, 0.05) is 11.4 Å². The molecule has 0 radical (unpaired) electrons. The molecule has 5 nitrogen and oxygen atoms in total. The summed E-state index contributed by atoms with van der Waals surface area (Å²) in [4.78, 5) is 25.3. The first-order valence-electron chi connectivity index (χ1n) is 5.32. The van der Waals surface area contributed by atoms with Gasteiger partial charge in [0.1, 0.15) is 12.6 Å². The zero-order valence-electron chi connectivity index (χ0n) is 9.33. The highest BCUT2D eigenvalue weighted by Crippen LogP contribution is 2.32. The fourth-order valence-corrected chi connectivity index (χ4v) is 2.86. The number of morpholine rings is 1. The van der Waals surface area contributed by atoms with Gasteiger partial charge in [-0.3, -0.25) is 4.79 Å². The second kappa shape index (κ2) is 4.85. The van der Waals surface area contributed by atoms with Crippen LogP contribution in [0.1, 0.15) is 17.8 Å². The molecule has 0 aliphatic carbocycles. The van der Waals surface area contributed by atoms with Gasteiger partial charge in [0.25, 0.3) is 0 Å². The van der Waals surface area contributed by atoms with Crippen LogP contribution in [0.3, 0.4) is 0 Å². The Morgan fingerprint density at radius 1 is 1.71 bits per heavy atom. The summed E-state index contributed by atoms with van der Waals surface area (Å²) < 4.78 is 5.14. The Balaban J connectivity index is 2.36. The van der Waals surface area contributed by atoms with Crippen LogP contribution in [-0.4, -0.2) is 41.1 Å². The van der Waals surface area contributed by atoms with Crippen LogP contribution in [0.5, 0.6) is 0 Å². The van der Waals surface area contributed by atoms with Crippen LogP contribution in [0.15, 0.2) is 17.5 Å². The number of carbonyl (C=O) groups excluding carboxylic acids is 1. The Kier molecular flexibility index (Phi) is 3.44. The summed E-state index contributed by atoms with van der Waals surface area (Å²) in [5.41, 5.74) is 0. The lowest BCUT2D eigenvalue weighted by molar-refractivity contribution is -0.172. The highest BCUT2D eigenvalue weighted by atomic mass is 32.1. The van der Waals surface area contributed by atoms with Crippen LogP contribution in [0.25, 0.3) is 0 Å². The monoisotopic (exact) mass is 255 g/mol. The number of ether oxygens (including phenoxy) is 1. The van der Waals surface area contributed by atoms with Gasteiger partial charge in [-0.15, -0.1) is 11.3 Å². The number of hydrogen-bond donors (Lipinski definition) is 1. The average Bonchev–Trinajstić information content (AvgIpc) is 2.81. The van der Waals surface area contributed by atoms with E-state index in [2.05, 4.69) is 0 Å². The Labute approximate surface area is 103 Å². The molecule has 92 valence electrons. The molecule has 1 aromatic heterocycles. The second-order valence-electron chi connectivity index (χ2n) is 3.71. The van der Waals surface area contributed by atoms with Crippen LogP contribution < -0.4 is 0 Å². The third-order valence-corrected chi connectivity index (χ3v) is 3.69. The van der Waals surface area contributed by atoms with Crippen molar-refractivity contribution in [3.05, 3.63) is 22.4 Å². The summed E-state index contributed by atoms with van der Waals surface area (Å²) in [6.07, 6.45) is -0.980. The summed E-state index contributed by atoms with van der Waals surface area (Å²) in [6.45, 7) is 2.16. The van der Waals surface area contributed by atoms with E-state index < -0.39 is 18.1 Å². The van der Waals surface area contributed by atoms with E-state index in [-0.39, 0.29) is 12.5 Å². The zero-order chi connectivity index (χ0) is 12.4. The number of thiophene rings is 1. The third-order valence-electron chi connectivity index (χ3n) is 2.75. The van der Waals surface area contributed by atoms with Gasteiger partial charge in [-0.2, -0.15) is 0 Å². The number of carboxylic acid groups (broad SMARTS) is 1. The maximum atomic E-state index is 11.7. The van der Waals surface area contributed by atoms with Crippen LogP contribution >= 0.6 is 11.3 Å². The van der Waals surface area contributed by atoms with Gasteiger partial charge >= 0.3 is 5.97 Å². The fraction of sp³-hybridized carbons (Fsp3) is 0.455. The van der Waals surface area contributed by atoms with Gasteiger partial charge < -0.3 is 14.7 Å². The molecular weight excluding hydrogens is 242 g/mol. The topological polar surface area (TPSA) is 66.8 Å². The predicted octanol–water partition coefficient (Wildman–Crippen LogP) is 1.12. The molecule has 2 rings (SSSR count). The van der Waals surface area contributed by atoms with E-state index in [1.807, 2.05) is 24.4 Å². The Bertz CT molecular complexity index is 415. The number of likely N-dealkylation sites (N-methyl/N-ethyl adjacent to an activating group) is 1. The minimum atomic E-state index is -1.03. The van der Waals surface area contributed by atoms with E-state index in [9.17, 15) is 9.59 Å². The standard InChI is InChI=1S/C11H13NO4S/c1-2-12-8(13)6-16-10(11(14)15)9(12)7-4-3-5-17-7/h3-5,9-10H,2,6H2,1H3,(H,14,15). The normalized spacial score (nSPS) is 25.0. The molecular formula is C11H13NO4S. The van der Waals surface area contributed by atoms with Crippen molar-refractivity contribution in [2.45, 2.75) is 19.1 Å². The maximum Gasteiger partial charge on any atom is 0.335 e. The summed E-state index contributed by atoms with van der Waals surface area (Å²) >= 11 is 1.43. The molecule has 0 bridgehead atoms. The number of rotatable bonds is 3. The van der Waals surface area contributed by atoms with Gasteiger partial charge in [-0.05, 0) is 18.4 Å². The molecule has 2 unspecified atom stereocenters. The van der Waals surface area contributed by atoms with E-state index in [1.165, 1.54) is 11.3 Å². The summed E-state index contributed by atoms with van der Waals surface area (Å²) in [6, 6.07) is 3.15. The van der Waals surface area contributed by atoms with E-state index in [0.29, 0.717) is 6.54 Å². The Morgan fingerprint density at radius 2 is 2.47 bits per heavy atom. The van der Waals surface area contributed by atoms with E-state index >= 15 is 0 Å². The largest absolute Gasteiger partial charge is 0.479 e. The molecule has 2 heterocycles. The number of nitrogens with zero attached hydrogens (tertiary/aromatic N) is 1. The van der Waals surface area contributed by atoms with Crippen molar-refractivity contribution in [1.29, 1.82) is 0 Å². The molecule has 6 heteroatoms. The van der Waals surface area contributed by atoms with Gasteiger partial charge in [-0.1, -0.05) is 6.07 Å². The van der Waals surface area contributed by atoms with Gasteiger partial charge in [0.2, 0.25) is 5.91 Å². The molecule has 1 aliphatic heterocycles. The van der Waals surface area contributed by atoms with Crippen LogP contribution in [-0.2, 0) is 14.3 Å². The van der Waals surface area contributed by atoms with Crippen molar-refractivity contribution in [2.24, 2.45) is 0 Å². The molecule has 2 atom stereocenters. The first kappa shape index (κ1) is 12.1. The van der Waals surface area contributed by atoms with Crippen molar-refractivity contribution in [3.8, 4) is 0 Å². The lowest BCUT2D eigenvalue weighted by Crippen LogP contribution is -2.51. The fourth-order valence-electron chi connectivity index (χ4n) is 2.00. The summed E-state index contributed by atoms with van der Waals surface area (Å²) in [7, 11) is 0. The highest BCUT2D eigenvalue weighted by Gasteiger charge is 2.41. The highest BCUT2D eigenvalue weighted by molar-refractivity contribution is 7.10. The minimum absolute atomic E-state index is 0.160. The van der Waals surface area contributed by atoms with Crippen molar-refractivity contribution in [3.63, 3.8) is 0 Å². The maximum absolute atomic E-state index is 11.7. The Hall–Kier alpha value is -1.40. The SMILES string of the molecule is CCN1C(=O)COC(C(=O)O)C1c1cccs1. The first-order valence-corrected chi connectivity index (χ1v) is 6.20. The van der Waals surface area contributed by atoms with Gasteiger partial charge in [0.05, 0.1) is 0 Å². The summed E-state index contributed by atoms with van der Waals surface area (Å²) in [5, 5.41) is 11.0. The molecule has 0 saturated carbocycles. The molecule has 0 spiro atoms. The molecule has 0 aromatic carbocycles. The number of carboxylic acids is 1. The molecule has 1 N–H and O–H groups in total. The number of aliphatic carboxylic acids is 1. The second-order valence-corrected chi connectivity index (χ2v) is 4.69. The minimum Gasteiger partial charge on any atom is -0.479 e. The van der Waals surface area contributed by atoms with Crippen molar-refractivity contribution in [1.82, 2.24) is 4.90 Å². The molecule has 1 aliphatic rings. The van der Waals surface area contributed by atoms with Crippen molar-refractivity contribution < 1.29 is 19.4 Å².